The highest BCUT2D eigenvalue weighted by Crippen LogP contribution is 2.23. The first kappa shape index (κ1) is 11.3. The zero-order valence-electron chi connectivity index (χ0n) is 8.76. The van der Waals surface area contributed by atoms with Crippen molar-refractivity contribution in [1.29, 1.82) is 0 Å². The molecule has 1 aliphatic heterocycles. The summed E-state index contributed by atoms with van der Waals surface area (Å²) in [7, 11) is 0. The summed E-state index contributed by atoms with van der Waals surface area (Å²) in [6.07, 6.45) is 0.0819. The average molecular weight is 236 g/mol. The monoisotopic (exact) mass is 236 g/mol. The number of carbonyl (C=O) groups is 2. The summed E-state index contributed by atoms with van der Waals surface area (Å²) in [5, 5.41) is 13.3. The molecule has 88 valence electrons. The van der Waals surface area contributed by atoms with Crippen LogP contribution in [0.15, 0.2) is 29.4 Å². The molecule has 6 heteroatoms. The SMILES string of the molecule is O=C(O)C1=NN(c2ccccc2F)C(=O)CC1. The van der Waals surface area contributed by atoms with Gasteiger partial charge in [-0.2, -0.15) is 10.1 Å². The Balaban J connectivity index is 2.43. The Morgan fingerprint density at radius 3 is 2.71 bits per heavy atom. The second kappa shape index (κ2) is 4.32. The molecule has 1 aromatic rings. The molecule has 0 unspecified atom stereocenters. The van der Waals surface area contributed by atoms with Gasteiger partial charge in [0.2, 0.25) is 5.91 Å². The predicted octanol–water partition coefficient (Wildman–Crippen LogP) is 1.39. The van der Waals surface area contributed by atoms with E-state index in [1.54, 1.807) is 6.07 Å². The third kappa shape index (κ3) is 2.15. The van der Waals surface area contributed by atoms with Gasteiger partial charge in [0.15, 0.2) is 0 Å². The second-order valence-electron chi connectivity index (χ2n) is 3.51. The maximum atomic E-state index is 13.5. The summed E-state index contributed by atoms with van der Waals surface area (Å²) in [5.41, 5.74) is -0.177. The fourth-order valence-electron chi connectivity index (χ4n) is 1.52. The summed E-state index contributed by atoms with van der Waals surface area (Å²) in [4.78, 5) is 22.3. The number of amides is 1. The molecular weight excluding hydrogens is 227 g/mol. The van der Waals surface area contributed by atoms with Crippen molar-refractivity contribution in [3.63, 3.8) is 0 Å². The van der Waals surface area contributed by atoms with Crippen molar-refractivity contribution < 1.29 is 19.1 Å². The van der Waals surface area contributed by atoms with Gasteiger partial charge in [-0.25, -0.2) is 9.18 Å². The Hall–Kier alpha value is -2.24. The van der Waals surface area contributed by atoms with E-state index in [1.807, 2.05) is 0 Å². The van der Waals surface area contributed by atoms with Crippen LogP contribution in [0.5, 0.6) is 0 Å². The zero-order valence-corrected chi connectivity index (χ0v) is 8.76. The first-order valence-corrected chi connectivity index (χ1v) is 4.98. The minimum Gasteiger partial charge on any atom is -0.477 e. The van der Waals surface area contributed by atoms with Crippen molar-refractivity contribution in [2.24, 2.45) is 5.10 Å². The molecule has 1 N–H and O–H groups in total. The third-order valence-corrected chi connectivity index (χ3v) is 2.36. The molecule has 5 nitrogen and oxygen atoms in total. The predicted molar refractivity (Wildman–Crippen MR) is 58.2 cm³/mol. The van der Waals surface area contributed by atoms with Crippen LogP contribution in [0.4, 0.5) is 10.1 Å². The molecule has 0 bridgehead atoms. The molecule has 1 heterocycles. The molecule has 1 amide bonds. The number of carbonyl (C=O) groups excluding carboxylic acids is 1. The number of hydrogen-bond donors (Lipinski definition) is 1. The van der Waals surface area contributed by atoms with Gasteiger partial charge in [0.25, 0.3) is 0 Å². The van der Waals surface area contributed by atoms with Crippen LogP contribution in [-0.4, -0.2) is 22.7 Å². The van der Waals surface area contributed by atoms with Crippen LogP contribution in [0.25, 0.3) is 0 Å². The average Bonchev–Trinajstić information content (AvgIpc) is 2.30. The fraction of sp³-hybridized carbons (Fsp3) is 0.182. The molecule has 17 heavy (non-hydrogen) atoms. The number of hydrazone groups is 1. The quantitative estimate of drug-likeness (QED) is 0.843. The van der Waals surface area contributed by atoms with Crippen molar-refractivity contribution in [3.05, 3.63) is 30.1 Å². The molecule has 0 spiro atoms. The lowest BCUT2D eigenvalue weighted by Gasteiger charge is -2.22. The summed E-state index contributed by atoms with van der Waals surface area (Å²) >= 11 is 0. The number of benzene rings is 1. The van der Waals surface area contributed by atoms with Crippen LogP contribution >= 0.6 is 0 Å². The lowest BCUT2D eigenvalue weighted by atomic mass is 10.1. The smallest absolute Gasteiger partial charge is 0.352 e. The second-order valence-corrected chi connectivity index (χ2v) is 3.51. The molecule has 0 aromatic heterocycles. The summed E-state index contributed by atoms with van der Waals surface area (Å²) < 4.78 is 13.5. The summed E-state index contributed by atoms with van der Waals surface area (Å²) in [6.45, 7) is 0. The maximum Gasteiger partial charge on any atom is 0.352 e. The van der Waals surface area contributed by atoms with Crippen LogP contribution in [0.3, 0.4) is 0 Å². The van der Waals surface area contributed by atoms with Gasteiger partial charge >= 0.3 is 5.97 Å². The zero-order chi connectivity index (χ0) is 12.4. The Morgan fingerprint density at radius 1 is 1.35 bits per heavy atom. The third-order valence-electron chi connectivity index (χ3n) is 2.36. The van der Waals surface area contributed by atoms with Crippen LogP contribution in [0, 0.1) is 5.82 Å². The molecule has 1 aromatic carbocycles. The molecule has 0 saturated heterocycles. The number of aliphatic carboxylic acids is 1. The van der Waals surface area contributed by atoms with Crippen LogP contribution < -0.4 is 5.01 Å². The Bertz CT molecular complexity index is 513. The van der Waals surface area contributed by atoms with E-state index >= 15 is 0 Å². The molecular formula is C11H9FN2O3. The van der Waals surface area contributed by atoms with Gasteiger partial charge in [-0.15, -0.1) is 0 Å². The van der Waals surface area contributed by atoms with Gasteiger partial charge in [0.05, 0.1) is 0 Å². The highest BCUT2D eigenvalue weighted by atomic mass is 19.1. The van der Waals surface area contributed by atoms with Gasteiger partial charge in [0.1, 0.15) is 17.2 Å². The number of nitrogens with zero attached hydrogens (tertiary/aromatic N) is 2. The molecule has 0 atom stereocenters. The van der Waals surface area contributed by atoms with E-state index in [-0.39, 0.29) is 24.2 Å². The molecule has 2 rings (SSSR count). The molecule has 1 aliphatic rings. The lowest BCUT2D eigenvalue weighted by Crippen LogP contribution is -2.34. The largest absolute Gasteiger partial charge is 0.477 e. The first-order valence-electron chi connectivity index (χ1n) is 4.98. The summed E-state index contributed by atoms with van der Waals surface area (Å²) in [6, 6.07) is 5.60. The van der Waals surface area contributed by atoms with Crippen LogP contribution in [0.1, 0.15) is 12.8 Å². The molecule has 0 radical (unpaired) electrons. The van der Waals surface area contributed by atoms with E-state index < -0.39 is 17.7 Å². The Morgan fingerprint density at radius 2 is 2.06 bits per heavy atom. The highest BCUT2D eigenvalue weighted by Gasteiger charge is 2.26. The van der Waals surface area contributed by atoms with Crippen molar-refractivity contribution in [1.82, 2.24) is 0 Å². The van der Waals surface area contributed by atoms with E-state index in [0.29, 0.717) is 0 Å². The van der Waals surface area contributed by atoms with Crippen molar-refractivity contribution in [3.8, 4) is 0 Å². The van der Waals surface area contributed by atoms with E-state index in [4.69, 9.17) is 5.11 Å². The van der Waals surface area contributed by atoms with E-state index in [9.17, 15) is 14.0 Å². The van der Waals surface area contributed by atoms with Gasteiger partial charge in [0, 0.05) is 12.8 Å². The van der Waals surface area contributed by atoms with E-state index in [1.165, 1.54) is 18.2 Å². The van der Waals surface area contributed by atoms with E-state index in [2.05, 4.69) is 5.10 Å². The normalized spacial score (nSPS) is 15.7. The van der Waals surface area contributed by atoms with Crippen LogP contribution in [0.2, 0.25) is 0 Å². The van der Waals surface area contributed by atoms with Crippen molar-refractivity contribution in [2.75, 3.05) is 5.01 Å². The molecule has 0 saturated carbocycles. The lowest BCUT2D eigenvalue weighted by molar-refractivity contribution is -0.129. The summed E-state index contributed by atoms with van der Waals surface area (Å²) in [5.74, 6) is -2.23. The van der Waals surface area contributed by atoms with Crippen molar-refractivity contribution in [2.45, 2.75) is 12.8 Å². The number of carboxylic acid groups (broad SMARTS) is 1. The Kier molecular flexibility index (Phi) is 2.86. The van der Waals surface area contributed by atoms with Crippen LogP contribution in [-0.2, 0) is 9.59 Å². The molecule has 0 fully saturated rings. The minimum atomic E-state index is -1.20. The van der Waals surface area contributed by atoms with E-state index in [0.717, 1.165) is 5.01 Å². The topological polar surface area (TPSA) is 70.0 Å². The number of carboxylic acids is 1. The molecule has 0 aliphatic carbocycles. The first-order chi connectivity index (χ1) is 8.09. The van der Waals surface area contributed by atoms with Gasteiger partial charge in [-0.05, 0) is 12.1 Å². The fourth-order valence-corrected chi connectivity index (χ4v) is 1.52. The number of rotatable bonds is 2. The number of para-hydroxylation sites is 1. The number of anilines is 1. The minimum absolute atomic E-state index is 0.0134. The van der Waals surface area contributed by atoms with Gasteiger partial charge < -0.3 is 5.11 Å². The number of halogens is 1. The van der Waals surface area contributed by atoms with Gasteiger partial charge in [-0.1, -0.05) is 12.1 Å². The highest BCUT2D eigenvalue weighted by molar-refractivity contribution is 6.37. The van der Waals surface area contributed by atoms with Crippen molar-refractivity contribution >= 4 is 23.3 Å². The number of hydrogen-bond acceptors (Lipinski definition) is 3. The maximum absolute atomic E-state index is 13.5. The standard InChI is InChI=1S/C11H9FN2O3/c12-7-3-1-2-4-9(7)14-10(15)6-5-8(13-14)11(16)17/h1-4H,5-6H2,(H,16,17). The Labute approximate surface area is 96.2 Å². The van der Waals surface area contributed by atoms with Gasteiger partial charge in [-0.3, -0.25) is 4.79 Å².